The van der Waals surface area contributed by atoms with Crippen LogP contribution in [0.5, 0.6) is 0 Å². The maximum atomic E-state index is 3.73. The molecule has 106 valence electrons. The lowest BCUT2D eigenvalue weighted by atomic mass is 9.82. The van der Waals surface area contributed by atoms with Gasteiger partial charge in [-0.1, -0.05) is 27.7 Å². The van der Waals surface area contributed by atoms with Crippen LogP contribution in [0.2, 0.25) is 0 Å². The summed E-state index contributed by atoms with van der Waals surface area (Å²) in [7, 11) is 0. The van der Waals surface area contributed by atoms with Crippen LogP contribution in [0.1, 0.15) is 59.8 Å². The van der Waals surface area contributed by atoms with Crippen LogP contribution in [-0.4, -0.2) is 25.2 Å². The van der Waals surface area contributed by atoms with E-state index in [-0.39, 0.29) is 0 Å². The van der Waals surface area contributed by atoms with Gasteiger partial charge in [-0.15, -0.1) is 0 Å². The third kappa shape index (κ3) is 3.96. The zero-order valence-electron chi connectivity index (χ0n) is 12.8. The third-order valence-corrected chi connectivity index (χ3v) is 5.23. The van der Waals surface area contributed by atoms with Crippen molar-refractivity contribution in [3.8, 4) is 0 Å². The predicted octanol–water partition coefficient (Wildman–Crippen LogP) is 3.18. The molecule has 3 unspecified atom stereocenters. The first-order valence-corrected chi connectivity index (χ1v) is 7.92. The van der Waals surface area contributed by atoms with E-state index in [0.29, 0.717) is 5.41 Å². The first-order valence-electron chi connectivity index (χ1n) is 7.92. The van der Waals surface area contributed by atoms with Gasteiger partial charge in [0.15, 0.2) is 0 Å². The molecule has 0 spiro atoms. The summed E-state index contributed by atoms with van der Waals surface area (Å²) in [6, 6.07) is 1.70. The Kier molecular flexibility index (Phi) is 4.71. The fraction of sp³-hybridized carbons (Fsp3) is 1.00. The molecule has 3 atom stereocenters. The molecule has 0 aliphatic carbocycles. The highest BCUT2D eigenvalue weighted by molar-refractivity contribution is 4.92. The smallest absolute Gasteiger partial charge is 0.00728 e. The second-order valence-corrected chi connectivity index (χ2v) is 7.74. The average Bonchev–Trinajstić information content (AvgIpc) is 2.62. The first-order chi connectivity index (χ1) is 8.45. The molecule has 2 bridgehead atoms. The van der Waals surface area contributed by atoms with Crippen LogP contribution < -0.4 is 10.6 Å². The number of nitrogens with one attached hydrogen (secondary N) is 2. The molecule has 2 aliphatic heterocycles. The Morgan fingerprint density at radius 1 is 1.17 bits per heavy atom. The summed E-state index contributed by atoms with van der Waals surface area (Å²) in [5, 5.41) is 7.40. The Bertz CT molecular complexity index is 244. The van der Waals surface area contributed by atoms with Gasteiger partial charge in [0.05, 0.1) is 0 Å². The summed E-state index contributed by atoms with van der Waals surface area (Å²) in [5.41, 5.74) is 0.431. The lowest BCUT2D eigenvalue weighted by Crippen LogP contribution is -2.39. The monoisotopic (exact) mass is 252 g/mol. The maximum Gasteiger partial charge on any atom is 0.00728 e. The molecule has 0 aromatic carbocycles. The van der Waals surface area contributed by atoms with Gasteiger partial charge in [-0.05, 0) is 62.4 Å². The van der Waals surface area contributed by atoms with Crippen LogP contribution >= 0.6 is 0 Å². The van der Waals surface area contributed by atoms with Gasteiger partial charge in [0, 0.05) is 12.1 Å². The topological polar surface area (TPSA) is 24.1 Å². The Hall–Kier alpha value is -0.0800. The molecule has 2 heterocycles. The lowest BCUT2D eigenvalue weighted by molar-refractivity contribution is 0.244. The molecule has 2 N–H and O–H groups in total. The highest BCUT2D eigenvalue weighted by Crippen LogP contribution is 2.32. The minimum Gasteiger partial charge on any atom is -0.316 e. The van der Waals surface area contributed by atoms with Gasteiger partial charge in [-0.2, -0.15) is 0 Å². The highest BCUT2D eigenvalue weighted by Gasteiger charge is 2.32. The Morgan fingerprint density at radius 3 is 2.33 bits per heavy atom. The second kappa shape index (κ2) is 5.92. The summed E-state index contributed by atoms with van der Waals surface area (Å²) in [6.07, 6.45) is 7.08. The van der Waals surface area contributed by atoms with Crippen LogP contribution in [0.15, 0.2) is 0 Å². The zero-order chi connectivity index (χ0) is 13.2. The number of hydrogen-bond donors (Lipinski definition) is 2. The van der Waals surface area contributed by atoms with E-state index in [2.05, 4.69) is 38.3 Å². The summed E-state index contributed by atoms with van der Waals surface area (Å²) in [6.45, 7) is 11.8. The molecular formula is C16H32N2. The van der Waals surface area contributed by atoms with Gasteiger partial charge < -0.3 is 10.6 Å². The van der Waals surface area contributed by atoms with Crippen molar-refractivity contribution in [2.24, 2.45) is 17.3 Å². The van der Waals surface area contributed by atoms with E-state index >= 15 is 0 Å². The zero-order valence-corrected chi connectivity index (χ0v) is 12.8. The van der Waals surface area contributed by atoms with Crippen molar-refractivity contribution in [2.75, 3.05) is 13.1 Å². The van der Waals surface area contributed by atoms with Gasteiger partial charge in [-0.25, -0.2) is 0 Å². The molecule has 18 heavy (non-hydrogen) atoms. The SMILES string of the molecule is CC(CNCCC1CC2CCC(C1)N2)C(C)(C)C. The average molecular weight is 252 g/mol. The predicted molar refractivity (Wildman–Crippen MR) is 78.8 cm³/mol. The summed E-state index contributed by atoms with van der Waals surface area (Å²) >= 11 is 0. The van der Waals surface area contributed by atoms with E-state index in [1.807, 2.05) is 0 Å². The van der Waals surface area contributed by atoms with Gasteiger partial charge in [0.1, 0.15) is 0 Å². The van der Waals surface area contributed by atoms with Gasteiger partial charge >= 0.3 is 0 Å². The van der Waals surface area contributed by atoms with Crippen LogP contribution in [0, 0.1) is 17.3 Å². The van der Waals surface area contributed by atoms with Crippen molar-refractivity contribution in [3.05, 3.63) is 0 Å². The molecule has 2 fully saturated rings. The van der Waals surface area contributed by atoms with Crippen LogP contribution in [0.4, 0.5) is 0 Å². The summed E-state index contributed by atoms with van der Waals surface area (Å²) in [5.74, 6) is 1.72. The minimum absolute atomic E-state index is 0.431. The summed E-state index contributed by atoms with van der Waals surface area (Å²) in [4.78, 5) is 0. The Balaban J connectivity index is 1.59. The molecule has 2 saturated heterocycles. The molecule has 0 saturated carbocycles. The van der Waals surface area contributed by atoms with E-state index in [1.54, 1.807) is 0 Å². The maximum absolute atomic E-state index is 3.73. The number of rotatable bonds is 5. The van der Waals surface area contributed by atoms with Gasteiger partial charge in [0.25, 0.3) is 0 Å². The molecule has 2 rings (SSSR count). The molecule has 2 aliphatic rings. The Morgan fingerprint density at radius 2 is 1.78 bits per heavy atom. The van der Waals surface area contributed by atoms with E-state index in [1.165, 1.54) is 45.2 Å². The van der Waals surface area contributed by atoms with Crippen molar-refractivity contribution in [3.63, 3.8) is 0 Å². The van der Waals surface area contributed by atoms with Crippen molar-refractivity contribution >= 4 is 0 Å². The molecule has 2 heteroatoms. The van der Waals surface area contributed by atoms with Crippen molar-refractivity contribution < 1.29 is 0 Å². The van der Waals surface area contributed by atoms with Gasteiger partial charge in [-0.3, -0.25) is 0 Å². The number of fused-ring (bicyclic) bond motifs is 2. The standard InChI is InChI=1S/C16H32N2/c1-12(16(2,3)4)11-17-8-7-13-9-14-5-6-15(10-13)18-14/h12-15,17-18H,5-11H2,1-4H3. The fourth-order valence-corrected chi connectivity index (χ4v) is 3.34. The lowest BCUT2D eigenvalue weighted by Gasteiger charge is -2.30. The molecule has 0 aromatic heterocycles. The van der Waals surface area contributed by atoms with Crippen molar-refractivity contribution in [1.82, 2.24) is 10.6 Å². The second-order valence-electron chi connectivity index (χ2n) is 7.74. The number of piperidine rings is 1. The minimum atomic E-state index is 0.431. The van der Waals surface area contributed by atoms with Crippen LogP contribution in [-0.2, 0) is 0 Å². The molecule has 0 aromatic rings. The normalized spacial score (nSPS) is 33.7. The van der Waals surface area contributed by atoms with Crippen LogP contribution in [0.25, 0.3) is 0 Å². The van der Waals surface area contributed by atoms with Crippen molar-refractivity contribution in [2.45, 2.75) is 71.9 Å². The van der Waals surface area contributed by atoms with E-state index in [4.69, 9.17) is 0 Å². The molecular weight excluding hydrogens is 220 g/mol. The third-order valence-electron chi connectivity index (χ3n) is 5.23. The number of hydrogen-bond acceptors (Lipinski definition) is 2. The van der Waals surface area contributed by atoms with E-state index in [0.717, 1.165) is 23.9 Å². The van der Waals surface area contributed by atoms with Gasteiger partial charge in [0.2, 0.25) is 0 Å². The largest absolute Gasteiger partial charge is 0.316 e. The molecule has 2 nitrogen and oxygen atoms in total. The Labute approximate surface area is 113 Å². The molecule has 0 radical (unpaired) electrons. The van der Waals surface area contributed by atoms with Crippen LogP contribution in [0.3, 0.4) is 0 Å². The fourth-order valence-electron chi connectivity index (χ4n) is 3.34. The summed E-state index contributed by atoms with van der Waals surface area (Å²) < 4.78 is 0. The highest BCUT2D eigenvalue weighted by atomic mass is 15.0. The van der Waals surface area contributed by atoms with E-state index in [9.17, 15) is 0 Å². The van der Waals surface area contributed by atoms with E-state index < -0.39 is 0 Å². The molecule has 0 amide bonds. The van der Waals surface area contributed by atoms with Crippen molar-refractivity contribution in [1.29, 1.82) is 0 Å². The quantitative estimate of drug-likeness (QED) is 0.734. The first kappa shape index (κ1) is 14.3.